The summed E-state index contributed by atoms with van der Waals surface area (Å²) in [4.78, 5) is 0. The van der Waals surface area contributed by atoms with Gasteiger partial charge in [0, 0.05) is 18.0 Å². The molecule has 0 heterocycles. The molecule has 1 atom stereocenters. The number of hydrogen-bond acceptors (Lipinski definition) is 2. The second kappa shape index (κ2) is 6.04. The fourth-order valence-electron chi connectivity index (χ4n) is 1.46. The molecule has 0 aliphatic heterocycles. The summed E-state index contributed by atoms with van der Waals surface area (Å²) in [5, 5.41) is 0. The van der Waals surface area contributed by atoms with E-state index in [2.05, 4.69) is 0 Å². The molecular formula is C12H15F4NO. The zero-order valence-corrected chi connectivity index (χ0v) is 9.93. The molecule has 0 unspecified atom stereocenters. The van der Waals surface area contributed by atoms with Crippen LogP contribution in [-0.4, -0.2) is 12.8 Å². The molecule has 1 rings (SSSR count). The van der Waals surface area contributed by atoms with Gasteiger partial charge in [0.1, 0.15) is 11.6 Å². The van der Waals surface area contributed by atoms with Gasteiger partial charge in [0.15, 0.2) is 0 Å². The van der Waals surface area contributed by atoms with Gasteiger partial charge in [-0.25, -0.2) is 4.39 Å². The van der Waals surface area contributed by atoms with Crippen LogP contribution in [0.5, 0.6) is 5.75 Å². The largest absolute Gasteiger partial charge is 0.493 e. The van der Waals surface area contributed by atoms with Gasteiger partial charge in [0.2, 0.25) is 0 Å². The summed E-state index contributed by atoms with van der Waals surface area (Å²) in [6.07, 6.45) is -5.23. The van der Waals surface area contributed by atoms with E-state index < -0.39 is 24.5 Å². The van der Waals surface area contributed by atoms with Crippen LogP contribution in [0, 0.1) is 5.82 Å². The van der Waals surface area contributed by atoms with Gasteiger partial charge in [-0.2, -0.15) is 13.2 Å². The first kappa shape index (κ1) is 14.8. The lowest BCUT2D eigenvalue weighted by atomic mass is 10.1. The van der Waals surface area contributed by atoms with Crippen molar-refractivity contribution in [2.24, 2.45) is 5.73 Å². The summed E-state index contributed by atoms with van der Waals surface area (Å²) in [6, 6.07) is 3.34. The van der Waals surface area contributed by atoms with E-state index in [-0.39, 0.29) is 13.0 Å². The minimum atomic E-state index is -4.18. The average molecular weight is 265 g/mol. The van der Waals surface area contributed by atoms with Crippen LogP contribution >= 0.6 is 0 Å². The minimum Gasteiger partial charge on any atom is -0.493 e. The Morgan fingerprint density at radius 2 is 2.00 bits per heavy atom. The lowest BCUT2D eigenvalue weighted by Gasteiger charge is -2.14. The van der Waals surface area contributed by atoms with E-state index in [0.717, 1.165) is 0 Å². The van der Waals surface area contributed by atoms with E-state index in [1.807, 2.05) is 0 Å². The summed E-state index contributed by atoms with van der Waals surface area (Å²) in [7, 11) is 0. The molecule has 6 heteroatoms. The molecule has 0 aliphatic rings. The molecule has 0 fully saturated rings. The Labute approximate surface area is 103 Å². The first-order valence-electron chi connectivity index (χ1n) is 5.54. The van der Waals surface area contributed by atoms with Crippen LogP contribution in [-0.2, 0) is 0 Å². The molecule has 0 aliphatic carbocycles. The van der Waals surface area contributed by atoms with Gasteiger partial charge < -0.3 is 10.5 Å². The number of hydrogen-bond donors (Lipinski definition) is 1. The molecule has 0 spiro atoms. The lowest BCUT2D eigenvalue weighted by molar-refractivity contribution is -0.136. The van der Waals surface area contributed by atoms with Crippen LogP contribution in [0.3, 0.4) is 0 Å². The van der Waals surface area contributed by atoms with Crippen LogP contribution in [0.15, 0.2) is 18.2 Å². The van der Waals surface area contributed by atoms with Crippen molar-refractivity contribution in [2.75, 3.05) is 6.61 Å². The van der Waals surface area contributed by atoms with Crippen LogP contribution < -0.4 is 10.5 Å². The first-order valence-corrected chi connectivity index (χ1v) is 5.54. The van der Waals surface area contributed by atoms with Gasteiger partial charge in [-0.15, -0.1) is 0 Å². The number of alkyl halides is 3. The van der Waals surface area contributed by atoms with E-state index >= 15 is 0 Å². The Kier molecular flexibility index (Phi) is 4.95. The molecule has 18 heavy (non-hydrogen) atoms. The number of halogens is 4. The third-order valence-corrected chi connectivity index (χ3v) is 2.32. The third-order valence-electron chi connectivity index (χ3n) is 2.32. The van der Waals surface area contributed by atoms with E-state index in [4.69, 9.17) is 10.5 Å². The highest BCUT2D eigenvalue weighted by molar-refractivity contribution is 5.36. The van der Waals surface area contributed by atoms with E-state index in [0.29, 0.717) is 11.3 Å². The maximum absolute atomic E-state index is 13.0. The van der Waals surface area contributed by atoms with Gasteiger partial charge in [0.05, 0.1) is 6.61 Å². The fourth-order valence-corrected chi connectivity index (χ4v) is 1.46. The Balaban J connectivity index is 2.57. The molecule has 0 amide bonds. The minimum absolute atomic E-state index is 0.0785. The van der Waals surface area contributed by atoms with Crippen molar-refractivity contribution >= 4 is 0 Å². The molecule has 0 saturated heterocycles. The summed E-state index contributed by atoms with van der Waals surface area (Å²) in [6.45, 7) is 1.57. The van der Waals surface area contributed by atoms with Gasteiger partial charge in [-0.1, -0.05) is 0 Å². The lowest BCUT2D eigenvalue weighted by Crippen LogP contribution is -2.12. The fraction of sp³-hybridized carbons (Fsp3) is 0.500. The average Bonchev–Trinajstić information content (AvgIpc) is 2.24. The summed E-state index contributed by atoms with van der Waals surface area (Å²) < 4.78 is 53.9. The highest BCUT2D eigenvalue weighted by atomic mass is 19.4. The highest BCUT2D eigenvalue weighted by Gasteiger charge is 2.26. The maximum atomic E-state index is 13.0. The topological polar surface area (TPSA) is 35.2 Å². The summed E-state index contributed by atoms with van der Waals surface area (Å²) in [5.41, 5.74) is 6.08. The Bertz CT molecular complexity index is 390. The van der Waals surface area contributed by atoms with Crippen molar-refractivity contribution in [2.45, 2.75) is 32.0 Å². The molecule has 1 aromatic rings. The smallest absolute Gasteiger partial charge is 0.389 e. The molecule has 102 valence electrons. The van der Waals surface area contributed by atoms with Crippen LogP contribution in [0.1, 0.15) is 31.4 Å². The Hall–Kier alpha value is -1.30. The molecule has 2 N–H and O–H groups in total. The van der Waals surface area contributed by atoms with E-state index in [1.54, 1.807) is 6.92 Å². The molecule has 0 bridgehead atoms. The second-order valence-electron chi connectivity index (χ2n) is 4.04. The summed E-state index contributed by atoms with van der Waals surface area (Å²) in [5.74, 6) is -0.126. The predicted octanol–water partition coefficient (Wildman–Crippen LogP) is 3.57. The highest BCUT2D eigenvalue weighted by Crippen LogP contribution is 2.26. The molecule has 0 radical (unpaired) electrons. The van der Waals surface area contributed by atoms with Crippen molar-refractivity contribution in [1.29, 1.82) is 0 Å². The Morgan fingerprint density at radius 3 is 2.56 bits per heavy atom. The van der Waals surface area contributed by atoms with Crippen molar-refractivity contribution < 1.29 is 22.3 Å². The standard InChI is InChI=1S/C12H15F4NO/c1-8(17)10-7-9(13)3-4-11(10)18-6-2-5-12(14,15)16/h3-4,7-8H,2,5-6,17H2,1H3/t8-/m1/s1. The van der Waals surface area contributed by atoms with Gasteiger partial charge in [-0.05, 0) is 31.5 Å². The number of ether oxygens (including phenoxy) is 1. The zero-order valence-electron chi connectivity index (χ0n) is 9.93. The van der Waals surface area contributed by atoms with Crippen molar-refractivity contribution in [3.05, 3.63) is 29.6 Å². The zero-order chi connectivity index (χ0) is 13.8. The predicted molar refractivity (Wildman–Crippen MR) is 59.8 cm³/mol. The first-order chi connectivity index (χ1) is 8.29. The number of nitrogens with two attached hydrogens (primary N) is 1. The second-order valence-corrected chi connectivity index (χ2v) is 4.04. The number of rotatable bonds is 5. The van der Waals surface area contributed by atoms with Gasteiger partial charge >= 0.3 is 6.18 Å². The van der Waals surface area contributed by atoms with Crippen molar-refractivity contribution in [1.82, 2.24) is 0 Å². The molecular weight excluding hydrogens is 250 g/mol. The van der Waals surface area contributed by atoms with E-state index in [1.165, 1.54) is 18.2 Å². The quantitative estimate of drug-likeness (QED) is 0.652. The SMILES string of the molecule is C[C@@H](N)c1cc(F)ccc1OCCCC(F)(F)F. The van der Waals surface area contributed by atoms with Gasteiger partial charge in [-0.3, -0.25) is 0 Å². The molecule has 0 aromatic heterocycles. The monoisotopic (exact) mass is 265 g/mol. The van der Waals surface area contributed by atoms with Crippen LogP contribution in [0.4, 0.5) is 17.6 Å². The Morgan fingerprint density at radius 1 is 1.33 bits per heavy atom. The number of benzene rings is 1. The summed E-state index contributed by atoms with van der Waals surface area (Å²) >= 11 is 0. The van der Waals surface area contributed by atoms with E-state index in [9.17, 15) is 17.6 Å². The van der Waals surface area contributed by atoms with Crippen LogP contribution in [0.2, 0.25) is 0 Å². The van der Waals surface area contributed by atoms with Crippen molar-refractivity contribution in [3.63, 3.8) is 0 Å². The molecule has 1 aromatic carbocycles. The third kappa shape index (κ3) is 4.91. The molecule has 0 saturated carbocycles. The molecule has 2 nitrogen and oxygen atoms in total. The normalized spacial score (nSPS) is 13.4. The maximum Gasteiger partial charge on any atom is 0.389 e. The van der Waals surface area contributed by atoms with Crippen molar-refractivity contribution in [3.8, 4) is 5.75 Å². The van der Waals surface area contributed by atoms with Crippen LogP contribution in [0.25, 0.3) is 0 Å². The van der Waals surface area contributed by atoms with Gasteiger partial charge in [0.25, 0.3) is 0 Å².